The van der Waals surface area contributed by atoms with Crippen LogP contribution in [0.1, 0.15) is 79.1 Å². The van der Waals surface area contributed by atoms with Gasteiger partial charge >= 0.3 is 0 Å². The molecule has 2 rings (SSSR count). The Morgan fingerprint density at radius 1 is 1.16 bits per heavy atom. The van der Waals surface area contributed by atoms with Crippen LogP contribution in [0.15, 0.2) is 35.5 Å². The summed E-state index contributed by atoms with van der Waals surface area (Å²) in [6, 6.07) is 0. The van der Waals surface area contributed by atoms with Crippen LogP contribution < -0.4 is 0 Å². The molecule has 25 heavy (non-hydrogen) atoms. The van der Waals surface area contributed by atoms with Gasteiger partial charge in [0.05, 0.1) is 0 Å². The van der Waals surface area contributed by atoms with E-state index >= 15 is 0 Å². The number of hydrogen-bond donors (Lipinski definition) is 0. The molecule has 0 aromatic heterocycles. The molecule has 0 bridgehead atoms. The van der Waals surface area contributed by atoms with Crippen molar-refractivity contribution in [2.24, 2.45) is 29.6 Å². The molecule has 140 valence electrons. The predicted molar refractivity (Wildman–Crippen MR) is 108 cm³/mol. The molecule has 0 aliphatic heterocycles. The highest BCUT2D eigenvalue weighted by molar-refractivity contribution is 5.53. The van der Waals surface area contributed by atoms with Crippen LogP contribution in [-0.4, -0.2) is 6.29 Å². The van der Waals surface area contributed by atoms with E-state index in [1.807, 2.05) is 0 Å². The first kappa shape index (κ1) is 20.2. The van der Waals surface area contributed by atoms with Gasteiger partial charge in [-0.05, 0) is 80.6 Å². The third kappa shape index (κ3) is 5.69. The molecule has 0 aromatic rings. The lowest BCUT2D eigenvalue weighted by Crippen LogP contribution is -2.21. The fourth-order valence-electron chi connectivity index (χ4n) is 4.49. The highest BCUT2D eigenvalue weighted by atomic mass is 16.1. The summed E-state index contributed by atoms with van der Waals surface area (Å²) in [5.41, 5.74) is 4.47. The summed E-state index contributed by atoms with van der Waals surface area (Å²) >= 11 is 0. The van der Waals surface area contributed by atoms with Crippen LogP contribution in [0.3, 0.4) is 0 Å². The zero-order chi connectivity index (χ0) is 18.4. The first-order valence-electron chi connectivity index (χ1n) is 10.4. The van der Waals surface area contributed by atoms with Crippen LogP contribution in [-0.2, 0) is 4.79 Å². The molecule has 1 unspecified atom stereocenters. The van der Waals surface area contributed by atoms with E-state index in [1.54, 1.807) is 5.57 Å². The largest absolute Gasteiger partial charge is 0.303 e. The van der Waals surface area contributed by atoms with Gasteiger partial charge in [-0.15, -0.1) is 0 Å². The molecule has 2 saturated carbocycles. The first-order valence-corrected chi connectivity index (χ1v) is 10.4. The van der Waals surface area contributed by atoms with Crippen LogP contribution in [0.25, 0.3) is 0 Å². The third-order valence-corrected chi connectivity index (χ3v) is 6.79. The summed E-state index contributed by atoms with van der Waals surface area (Å²) in [6.07, 6.45) is 15.9. The highest BCUT2D eigenvalue weighted by Crippen LogP contribution is 2.39. The number of hydrogen-bond acceptors (Lipinski definition) is 1. The molecule has 1 nitrogen and oxygen atoms in total. The van der Waals surface area contributed by atoms with Gasteiger partial charge in [0.2, 0.25) is 0 Å². The van der Waals surface area contributed by atoms with Crippen molar-refractivity contribution in [1.82, 2.24) is 0 Å². The quantitative estimate of drug-likeness (QED) is 0.480. The molecule has 1 heteroatoms. The van der Waals surface area contributed by atoms with E-state index in [9.17, 15) is 4.79 Å². The van der Waals surface area contributed by atoms with Crippen LogP contribution in [0.4, 0.5) is 0 Å². The Morgan fingerprint density at radius 2 is 1.92 bits per heavy atom. The zero-order valence-electron chi connectivity index (χ0n) is 16.9. The number of aldehydes is 1. The fraction of sp³-hybridized carbons (Fsp3) is 0.708. The van der Waals surface area contributed by atoms with Crippen molar-refractivity contribution in [3.05, 3.63) is 35.5 Å². The van der Waals surface area contributed by atoms with Crippen molar-refractivity contribution in [1.29, 1.82) is 0 Å². The summed E-state index contributed by atoms with van der Waals surface area (Å²) in [7, 11) is 0. The Labute approximate surface area is 155 Å². The Bertz CT molecular complexity index is 524. The van der Waals surface area contributed by atoms with Gasteiger partial charge in [0, 0.05) is 5.92 Å². The average molecular weight is 343 g/mol. The molecule has 0 saturated heterocycles. The molecule has 0 aromatic carbocycles. The molecule has 2 aliphatic carbocycles. The Kier molecular flexibility index (Phi) is 7.72. The lowest BCUT2D eigenvalue weighted by Gasteiger charge is -2.33. The van der Waals surface area contributed by atoms with Crippen molar-refractivity contribution >= 4 is 6.29 Å². The van der Waals surface area contributed by atoms with Gasteiger partial charge in [-0.2, -0.15) is 0 Å². The van der Waals surface area contributed by atoms with E-state index in [1.165, 1.54) is 49.7 Å². The topological polar surface area (TPSA) is 17.1 Å². The van der Waals surface area contributed by atoms with E-state index in [-0.39, 0.29) is 5.92 Å². The van der Waals surface area contributed by atoms with Gasteiger partial charge in [0.1, 0.15) is 6.29 Å². The first-order chi connectivity index (χ1) is 11.9. The normalized spacial score (nSPS) is 33.4. The summed E-state index contributed by atoms with van der Waals surface area (Å²) in [6.45, 7) is 13.3. The number of carbonyl (C=O) groups is 1. The van der Waals surface area contributed by atoms with E-state index in [4.69, 9.17) is 0 Å². The van der Waals surface area contributed by atoms with Crippen LogP contribution >= 0.6 is 0 Å². The van der Waals surface area contributed by atoms with Crippen molar-refractivity contribution in [3.63, 3.8) is 0 Å². The van der Waals surface area contributed by atoms with Crippen LogP contribution in [0.2, 0.25) is 0 Å². The summed E-state index contributed by atoms with van der Waals surface area (Å²) in [4.78, 5) is 11.0. The SMILES string of the molecule is C=C1CC[C@H](C)C/C1=C/C=C1\CCC[C@@H](C)[C@H]1CCC(C)[C@H](C)C=O. The number of carbonyl (C=O) groups excluding carboxylic acids is 1. The molecule has 0 radical (unpaired) electrons. The van der Waals surface area contributed by atoms with Crippen molar-refractivity contribution in [2.75, 3.05) is 0 Å². The van der Waals surface area contributed by atoms with Gasteiger partial charge in [-0.25, -0.2) is 0 Å². The molecule has 2 fully saturated rings. The predicted octanol–water partition coefficient (Wildman–Crippen LogP) is 6.90. The molecule has 0 heterocycles. The van der Waals surface area contributed by atoms with E-state index in [0.29, 0.717) is 11.8 Å². The summed E-state index contributed by atoms with van der Waals surface area (Å²) in [5, 5.41) is 0. The van der Waals surface area contributed by atoms with Gasteiger partial charge < -0.3 is 4.79 Å². The smallest absolute Gasteiger partial charge is 0.123 e. The number of allylic oxidation sites excluding steroid dienone is 5. The van der Waals surface area contributed by atoms with Gasteiger partial charge in [0.25, 0.3) is 0 Å². The second-order valence-corrected chi connectivity index (χ2v) is 8.91. The second kappa shape index (κ2) is 9.55. The zero-order valence-corrected chi connectivity index (χ0v) is 16.9. The van der Waals surface area contributed by atoms with E-state index < -0.39 is 0 Å². The van der Waals surface area contributed by atoms with E-state index in [0.717, 1.165) is 31.0 Å². The standard InChI is InChI=1S/C24H38O/c1-17-9-10-19(3)23(15-17)13-12-22-8-6-7-20(4)24(22)14-11-18(2)21(5)16-25/h12-13,16-18,20-21,24H,3,6-11,14-15H2,1-2,4-5H3/b22-12+,23-13-/t17-,18?,20+,21+,24+/m0/s1. The molecule has 0 N–H and O–H groups in total. The Balaban J connectivity index is 2.07. The summed E-state index contributed by atoms with van der Waals surface area (Å²) in [5.74, 6) is 2.93. The monoisotopic (exact) mass is 342 g/mol. The maximum absolute atomic E-state index is 11.0. The third-order valence-electron chi connectivity index (χ3n) is 6.79. The molecule has 0 spiro atoms. The fourth-order valence-corrected chi connectivity index (χ4v) is 4.49. The number of rotatable bonds is 6. The van der Waals surface area contributed by atoms with Gasteiger partial charge in [-0.3, -0.25) is 0 Å². The molecule has 5 atom stereocenters. The van der Waals surface area contributed by atoms with Crippen molar-refractivity contribution in [2.45, 2.75) is 79.1 Å². The molecular formula is C24H38O. The Morgan fingerprint density at radius 3 is 2.64 bits per heavy atom. The second-order valence-electron chi connectivity index (χ2n) is 8.91. The maximum atomic E-state index is 11.0. The van der Waals surface area contributed by atoms with Crippen molar-refractivity contribution in [3.8, 4) is 0 Å². The molecular weight excluding hydrogens is 304 g/mol. The summed E-state index contributed by atoms with van der Waals surface area (Å²) < 4.78 is 0. The van der Waals surface area contributed by atoms with Crippen LogP contribution in [0, 0.1) is 29.6 Å². The maximum Gasteiger partial charge on any atom is 0.123 e. The lowest BCUT2D eigenvalue weighted by atomic mass is 9.72. The highest BCUT2D eigenvalue weighted by Gasteiger charge is 2.26. The van der Waals surface area contributed by atoms with E-state index in [2.05, 4.69) is 46.4 Å². The Hall–Kier alpha value is -1.11. The minimum Gasteiger partial charge on any atom is -0.303 e. The molecule has 2 aliphatic rings. The lowest BCUT2D eigenvalue weighted by molar-refractivity contribution is -0.111. The minimum absolute atomic E-state index is 0.181. The average Bonchev–Trinajstić information content (AvgIpc) is 2.60. The van der Waals surface area contributed by atoms with Crippen LogP contribution in [0.5, 0.6) is 0 Å². The van der Waals surface area contributed by atoms with Crippen molar-refractivity contribution < 1.29 is 4.79 Å². The molecule has 0 amide bonds. The van der Waals surface area contributed by atoms with Gasteiger partial charge in [0.15, 0.2) is 0 Å². The van der Waals surface area contributed by atoms with Gasteiger partial charge in [-0.1, -0.05) is 57.6 Å². The minimum atomic E-state index is 0.181.